The Labute approximate surface area is 178 Å². The van der Waals surface area contributed by atoms with Crippen molar-refractivity contribution in [3.05, 3.63) is 44.2 Å². The number of nitrogens with zero attached hydrogens (tertiary/aromatic N) is 1. The molecule has 152 valence electrons. The molecule has 29 heavy (non-hydrogen) atoms. The largest absolute Gasteiger partial charge is 0.480 e. The molecule has 2 aliphatic heterocycles. The van der Waals surface area contributed by atoms with Crippen LogP contribution in [0.4, 0.5) is 0 Å². The van der Waals surface area contributed by atoms with Gasteiger partial charge in [0.15, 0.2) is 5.58 Å². The van der Waals surface area contributed by atoms with E-state index in [1.807, 2.05) is 0 Å². The molecule has 0 spiro atoms. The SMILES string of the molecule is CC1(C)SC2C(NC(=O)c3cc4cc(Cl)cc(Cl)c4oc3=O)C(=O)N2C1C(=O)O. The maximum atomic E-state index is 12.7. The maximum Gasteiger partial charge on any atom is 0.349 e. The predicted octanol–water partition coefficient (Wildman–Crippen LogP) is 2.35. The van der Waals surface area contributed by atoms with E-state index in [1.165, 1.54) is 34.9 Å². The molecular formula is C18H14Cl2N2O6S. The number of β-lactam (4-membered cyclic amide) rings is 1. The van der Waals surface area contributed by atoms with Crippen molar-refractivity contribution in [2.24, 2.45) is 0 Å². The summed E-state index contributed by atoms with van der Waals surface area (Å²) in [6.45, 7) is 3.46. The van der Waals surface area contributed by atoms with Crippen molar-refractivity contribution in [1.82, 2.24) is 10.2 Å². The number of fused-ring (bicyclic) bond motifs is 2. The number of hydrogen-bond acceptors (Lipinski definition) is 6. The van der Waals surface area contributed by atoms with Gasteiger partial charge in [-0.25, -0.2) is 9.59 Å². The van der Waals surface area contributed by atoms with Gasteiger partial charge < -0.3 is 19.7 Å². The van der Waals surface area contributed by atoms with Crippen LogP contribution < -0.4 is 10.9 Å². The molecular weight excluding hydrogens is 443 g/mol. The van der Waals surface area contributed by atoms with Gasteiger partial charge in [-0.05, 0) is 32.0 Å². The highest BCUT2D eigenvalue weighted by atomic mass is 35.5. The zero-order valence-electron chi connectivity index (χ0n) is 15.1. The Morgan fingerprint density at radius 3 is 2.59 bits per heavy atom. The zero-order valence-corrected chi connectivity index (χ0v) is 17.4. The van der Waals surface area contributed by atoms with Gasteiger partial charge in [0.25, 0.3) is 5.91 Å². The first-order valence-corrected chi connectivity index (χ1v) is 10.1. The van der Waals surface area contributed by atoms with E-state index in [0.29, 0.717) is 10.4 Å². The highest BCUT2D eigenvalue weighted by Crippen LogP contribution is 2.50. The summed E-state index contributed by atoms with van der Waals surface area (Å²) in [5.41, 5.74) is -1.12. The fourth-order valence-electron chi connectivity index (χ4n) is 3.68. The van der Waals surface area contributed by atoms with E-state index in [4.69, 9.17) is 27.6 Å². The van der Waals surface area contributed by atoms with Crippen LogP contribution in [-0.4, -0.2) is 50.0 Å². The van der Waals surface area contributed by atoms with Crippen LogP contribution in [0.2, 0.25) is 10.0 Å². The second kappa shape index (κ2) is 6.65. The van der Waals surface area contributed by atoms with Crippen LogP contribution in [0.3, 0.4) is 0 Å². The third-order valence-corrected chi connectivity index (χ3v) is 7.03. The Kier molecular flexibility index (Phi) is 4.60. The van der Waals surface area contributed by atoms with Gasteiger partial charge in [-0.15, -0.1) is 11.8 Å². The van der Waals surface area contributed by atoms with Gasteiger partial charge in [0.05, 0.1) is 5.02 Å². The Hall–Kier alpha value is -2.23. The first-order chi connectivity index (χ1) is 13.5. The van der Waals surface area contributed by atoms with Crippen molar-refractivity contribution >= 4 is 63.7 Å². The lowest BCUT2D eigenvalue weighted by atomic mass is 9.96. The van der Waals surface area contributed by atoms with Crippen LogP contribution in [0.15, 0.2) is 27.4 Å². The van der Waals surface area contributed by atoms with Crippen molar-refractivity contribution in [2.45, 2.75) is 36.1 Å². The van der Waals surface area contributed by atoms with Gasteiger partial charge in [-0.3, -0.25) is 9.59 Å². The van der Waals surface area contributed by atoms with E-state index in [0.717, 1.165) is 0 Å². The van der Waals surface area contributed by atoms with Crippen LogP contribution in [0.1, 0.15) is 24.2 Å². The average Bonchev–Trinajstić information content (AvgIpc) is 2.87. The maximum absolute atomic E-state index is 12.7. The summed E-state index contributed by atoms with van der Waals surface area (Å²) in [5.74, 6) is -2.41. The average molecular weight is 457 g/mol. The Balaban J connectivity index is 1.61. The summed E-state index contributed by atoms with van der Waals surface area (Å²) >= 11 is 13.2. The van der Waals surface area contributed by atoms with Crippen molar-refractivity contribution in [2.75, 3.05) is 0 Å². The van der Waals surface area contributed by atoms with E-state index in [2.05, 4.69) is 5.32 Å². The van der Waals surface area contributed by atoms with Crippen molar-refractivity contribution in [1.29, 1.82) is 0 Å². The summed E-state index contributed by atoms with van der Waals surface area (Å²) < 4.78 is 4.42. The zero-order chi connectivity index (χ0) is 21.2. The van der Waals surface area contributed by atoms with Gasteiger partial charge >= 0.3 is 11.6 Å². The van der Waals surface area contributed by atoms with E-state index in [-0.39, 0.29) is 16.2 Å². The van der Waals surface area contributed by atoms with Crippen molar-refractivity contribution in [3.63, 3.8) is 0 Å². The summed E-state index contributed by atoms with van der Waals surface area (Å²) in [6, 6.07) is 2.27. The lowest BCUT2D eigenvalue weighted by Gasteiger charge is -2.43. The first-order valence-electron chi connectivity index (χ1n) is 8.48. The molecule has 2 aliphatic rings. The Morgan fingerprint density at radius 2 is 1.93 bits per heavy atom. The molecule has 1 aromatic carbocycles. The van der Waals surface area contributed by atoms with Crippen LogP contribution in [0, 0.1) is 0 Å². The molecule has 3 unspecified atom stereocenters. The molecule has 2 fully saturated rings. The molecule has 4 rings (SSSR count). The molecule has 2 amide bonds. The molecule has 2 N–H and O–H groups in total. The quantitative estimate of drug-likeness (QED) is 0.537. The van der Waals surface area contributed by atoms with E-state index in [9.17, 15) is 24.3 Å². The molecule has 3 atom stereocenters. The summed E-state index contributed by atoms with van der Waals surface area (Å²) in [7, 11) is 0. The van der Waals surface area contributed by atoms with Crippen molar-refractivity contribution in [3.8, 4) is 0 Å². The number of rotatable bonds is 3. The number of carbonyl (C=O) groups excluding carboxylic acids is 2. The normalized spacial score (nSPS) is 24.9. The monoisotopic (exact) mass is 456 g/mol. The van der Waals surface area contributed by atoms with Crippen LogP contribution in [0.5, 0.6) is 0 Å². The molecule has 2 aromatic rings. The number of aliphatic carboxylic acids is 1. The molecule has 8 nitrogen and oxygen atoms in total. The molecule has 2 saturated heterocycles. The summed E-state index contributed by atoms with van der Waals surface area (Å²) in [4.78, 5) is 50.2. The van der Waals surface area contributed by atoms with Gasteiger partial charge in [-0.2, -0.15) is 0 Å². The summed E-state index contributed by atoms with van der Waals surface area (Å²) in [6.07, 6.45) is 0. The van der Waals surface area contributed by atoms with Gasteiger partial charge in [-0.1, -0.05) is 23.2 Å². The number of carboxylic acid groups (broad SMARTS) is 1. The predicted molar refractivity (Wildman–Crippen MR) is 107 cm³/mol. The van der Waals surface area contributed by atoms with Gasteiger partial charge in [0, 0.05) is 15.2 Å². The molecule has 1 aromatic heterocycles. The molecule has 0 aliphatic carbocycles. The Morgan fingerprint density at radius 1 is 1.24 bits per heavy atom. The van der Waals surface area contributed by atoms with E-state index < -0.39 is 45.6 Å². The molecule has 3 heterocycles. The van der Waals surface area contributed by atoms with Crippen molar-refractivity contribution < 1.29 is 23.9 Å². The molecule has 0 saturated carbocycles. The van der Waals surface area contributed by atoms with E-state index >= 15 is 0 Å². The minimum atomic E-state index is -1.10. The van der Waals surface area contributed by atoms with Gasteiger partial charge in [0.1, 0.15) is 23.0 Å². The number of halogens is 2. The highest BCUT2D eigenvalue weighted by Gasteiger charge is 2.64. The highest BCUT2D eigenvalue weighted by molar-refractivity contribution is 8.01. The second-order valence-corrected chi connectivity index (χ2v) is 9.92. The number of nitrogens with one attached hydrogen (secondary N) is 1. The topological polar surface area (TPSA) is 117 Å². The minimum Gasteiger partial charge on any atom is -0.480 e. The van der Waals surface area contributed by atoms with E-state index in [1.54, 1.807) is 13.8 Å². The third kappa shape index (κ3) is 3.08. The number of carbonyl (C=O) groups is 3. The van der Waals surface area contributed by atoms with Crippen LogP contribution in [0.25, 0.3) is 11.0 Å². The van der Waals surface area contributed by atoms with Gasteiger partial charge in [0.2, 0.25) is 5.91 Å². The summed E-state index contributed by atoms with van der Waals surface area (Å²) in [5, 5.41) is 12.2. The number of benzene rings is 1. The fraction of sp³-hybridized carbons (Fsp3) is 0.333. The second-order valence-electron chi connectivity index (χ2n) is 7.30. The van der Waals surface area contributed by atoms with Crippen LogP contribution >= 0.6 is 35.0 Å². The smallest absolute Gasteiger partial charge is 0.349 e. The Bertz CT molecular complexity index is 1150. The minimum absolute atomic E-state index is 0.0981. The first kappa shape index (κ1) is 20.1. The van der Waals surface area contributed by atoms with Crippen LogP contribution in [-0.2, 0) is 9.59 Å². The lowest BCUT2D eigenvalue weighted by Crippen LogP contribution is -2.70. The molecule has 11 heteroatoms. The number of amides is 2. The third-order valence-electron chi connectivity index (χ3n) is 4.96. The molecule has 0 radical (unpaired) electrons. The number of thioether (sulfide) groups is 1. The number of hydrogen-bond donors (Lipinski definition) is 2. The standard InChI is InChI=1S/C18H14Cl2N2O6S/c1-18(2)12(16(25)26)22-14(24)10(15(22)29-18)21-13(23)8-4-6-3-7(19)5-9(20)11(6)28-17(8)27/h3-5,10,12,15H,1-2H3,(H,21,23)(H,25,26). The number of carboxylic acids is 1. The lowest BCUT2D eigenvalue weighted by molar-refractivity contribution is -0.159. The molecule has 0 bridgehead atoms. The fourth-order valence-corrected chi connectivity index (χ4v) is 5.85.